The third kappa shape index (κ3) is 1.15. The summed E-state index contributed by atoms with van der Waals surface area (Å²) in [5, 5.41) is 30.7. The summed E-state index contributed by atoms with van der Waals surface area (Å²) in [5.74, 6) is 0.00574. The lowest BCUT2D eigenvalue weighted by atomic mass is 10.1. The molecule has 0 spiro atoms. The molecule has 0 saturated heterocycles. The summed E-state index contributed by atoms with van der Waals surface area (Å²) < 4.78 is 0. The standard InChI is InChI=1S/C9H7N2O3/c12-8-4-3-7(11(13)14)6-2-1-5-10-9(6)8/h1-5,10H,(H-,12,13,14)/q-1. The molecule has 0 bridgehead atoms. The third-order valence-electron chi connectivity index (χ3n) is 1.98. The van der Waals surface area contributed by atoms with Crippen molar-refractivity contribution in [3.63, 3.8) is 0 Å². The van der Waals surface area contributed by atoms with Gasteiger partial charge in [0, 0.05) is 12.3 Å². The number of nitrogens with one attached hydrogen (secondary N) is 1. The molecule has 1 aliphatic carbocycles. The van der Waals surface area contributed by atoms with Crippen LogP contribution in [0.25, 0.3) is 11.3 Å². The van der Waals surface area contributed by atoms with E-state index in [2.05, 4.69) is 4.98 Å². The molecule has 0 aromatic carbocycles. The molecule has 14 heavy (non-hydrogen) atoms. The first-order chi connectivity index (χ1) is 6.70. The van der Waals surface area contributed by atoms with Gasteiger partial charge in [-0.2, -0.15) is 4.90 Å². The van der Waals surface area contributed by atoms with Crippen LogP contribution in [-0.2, 0) is 0 Å². The van der Waals surface area contributed by atoms with E-state index in [0.717, 1.165) is 0 Å². The molecule has 0 radical (unpaired) electrons. The van der Waals surface area contributed by atoms with Gasteiger partial charge in [0.1, 0.15) is 5.75 Å². The lowest BCUT2D eigenvalue weighted by Crippen LogP contribution is -2.21. The van der Waals surface area contributed by atoms with E-state index in [4.69, 9.17) is 0 Å². The van der Waals surface area contributed by atoms with E-state index in [0.29, 0.717) is 11.3 Å². The van der Waals surface area contributed by atoms with Crippen LogP contribution in [0.15, 0.2) is 30.5 Å². The Bertz CT molecular complexity index is 500. The molecule has 0 amide bonds. The number of aromatic hydroxyl groups is 1. The molecule has 1 heterocycles. The smallest absolute Gasteiger partial charge is 0.232 e. The van der Waals surface area contributed by atoms with Crippen LogP contribution in [-0.4, -0.2) is 10.1 Å². The van der Waals surface area contributed by atoms with Crippen LogP contribution in [0.4, 0.5) is 0 Å². The maximum Gasteiger partial charge on any atom is 0.232 e. The van der Waals surface area contributed by atoms with Crippen LogP contribution in [0.3, 0.4) is 0 Å². The van der Waals surface area contributed by atoms with Gasteiger partial charge >= 0.3 is 0 Å². The number of phenols is 1. The van der Waals surface area contributed by atoms with Crippen LogP contribution >= 0.6 is 0 Å². The van der Waals surface area contributed by atoms with Crippen molar-refractivity contribution in [2.45, 2.75) is 0 Å². The number of pyridine rings is 1. The summed E-state index contributed by atoms with van der Waals surface area (Å²) in [6.45, 7) is 0. The first-order valence-corrected chi connectivity index (χ1v) is 3.97. The average molecular weight is 191 g/mol. The van der Waals surface area contributed by atoms with Crippen LogP contribution in [0.1, 0.15) is 0 Å². The zero-order valence-electron chi connectivity index (χ0n) is 7.10. The lowest BCUT2D eigenvalue weighted by Gasteiger charge is -2.09. The van der Waals surface area contributed by atoms with Crippen molar-refractivity contribution in [3.05, 3.63) is 46.2 Å². The second-order valence-corrected chi connectivity index (χ2v) is 2.82. The zero-order valence-corrected chi connectivity index (χ0v) is 7.10. The molecule has 0 atom stereocenters. The monoisotopic (exact) mass is 191 g/mol. The number of H-pyrrole nitrogens is 1. The van der Waals surface area contributed by atoms with Crippen molar-refractivity contribution in [2.75, 3.05) is 0 Å². The fraction of sp³-hybridized carbons (Fsp3) is 0. The number of aromatic nitrogens is 1. The zero-order chi connectivity index (χ0) is 10.1. The second kappa shape index (κ2) is 2.95. The fourth-order valence-corrected chi connectivity index (χ4v) is 1.35. The highest BCUT2D eigenvalue weighted by Gasteiger charge is 2.11. The van der Waals surface area contributed by atoms with E-state index < -0.39 is 4.90 Å². The predicted molar refractivity (Wildman–Crippen MR) is 51.1 cm³/mol. The minimum Gasteiger partial charge on any atom is -0.612 e. The molecule has 0 unspecified atom stereocenters. The predicted octanol–water partition coefficient (Wildman–Crippen LogP) is 0.593. The first-order valence-electron chi connectivity index (χ1n) is 3.97. The Labute approximate surface area is 79.1 Å². The molecule has 2 rings (SSSR count). The SMILES string of the molecule is [O-][N+]([O-])=c1ccc(O)c2[nH]cccc1-2. The first kappa shape index (κ1) is 8.43. The van der Waals surface area contributed by atoms with Gasteiger partial charge in [0.25, 0.3) is 0 Å². The van der Waals surface area contributed by atoms with Gasteiger partial charge in [-0.1, -0.05) is 0 Å². The Morgan fingerprint density at radius 2 is 2.00 bits per heavy atom. The Hall–Kier alpha value is -2.17. The van der Waals surface area contributed by atoms with Gasteiger partial charge in [-0.25, -0.2) is 0 Å². The highest BCUT2D eigenvalue weighted by atomic mass is 16.8. The maximum atomic E-state index is 10.6. The minimum absolute atomic E-state index is 0.00574. The molecule has 2 N–H and O–H groups in total. The van der Waals surface area contributed by atoms with E-state index in [9.17, 15) is 15.5 Å². The summed E-state index contributed by atoms with van der Waals surface area (Å²) in [5.41, 5.74) is 0.777. The molecule has 5 nitrogen and oxygen atoms in total. The Morgan fingerprint density at radius 3 is 2.71 bits per heavy atom. The number of rotatable bonds is 0. The van der Waals surface area contributed by atoms with E-state index in [1.54, 1.807) is 18.3 Å². The normalized spacial score (nSPS) is 10.3. The number of hydrogen-bond acceptors (Lipinski definition) is 3. The molecule has 0 fully saturated rings. The van der Waals surface area contributed by atoms with Crippen LogP contribution in [0, 0.1) is 10.4 Å². The highest BCUT2D eigenvalue weighted by molar-refractivity contribution is 5.66. The lowest BCUT2D eigenvalue weighted by molar-refractivity contribution is 0.475. The van der Waals surface area contributed by atoms with Crippen molar-refractivity contribution in [3.8, 4) is 17.0 Å². The molecule has 72 valence electrons. The van der Waals surface area contributed by atoms with Crippen LogP contribution in [0.2, 0.25) is 0 Å². The van der Waals surface area contributed by atoms with Gasteiger partial charge < -0.3 is 20.5 Å². The number of phenolic OH excluding ortho intramolecular Hbond substituents is 1. The Kier molecular flexibility index (Phi) is 1.78. The molecule has 1 aliphatic heterocycles. The van der Waals surface area contributed by atoms with Gasteiger partial charge in [0.2, 0.25) is 5.36 Å². The van der Waals surface area contributed by atoms with Crippen molar-refractivity contribution >= 4 is 0 Å². The Balaban J connectivity index is 2.94. The molecule has 0 aromatic heterocycles. The van der Waals surface area contributed by atoms with Gasteiger partial charge in [-0.05, 0) is 18.2 Å². The molecular formula is C9H7N2O3-. The van der Waals surface area contributed by atoms with E-state index in [1.807, 2.05) is 0 Å². The number of aromatic amines is 1. The topological polar surface area (TPSA) is 85.2 Å². The average Bonchev–Trinajstić information content (AvgIpc) is 2.18. The van der Waals surface area contributed by atoms with Crippen molar-refractivity contribution in [1.29, 1.82) is 0 Å². The maximum absolute atomic E-state index is 10.6. The second-order valence-electron chi connectivity index (χ2n) is 2.82. The molecular weight excluding hydrogens is 184 g/mol. The minimum atomic E-state index is -0.477. The number of fused-ring (bicyclic) bond motifs is 1. The summed E-state index contributed by atoms with van der Waals surface area (Å²) in [7, 11) is 0. The summed E-state index contributed by atoms with van der Waals surface area (Å²) in [6, 6.07) is 5.82. The van der Waals surface area contributed by atoms with E-state index >= 15 is 0 Å². The van der Waals surface area contributed by atoms with E-state index in [-0.39, 0.29) is 11.1 Å². The summed E-state index contributed by atoms with van der Waals surface area (Å²) in [4.78, 5) is 2.28. The van der Waals surface area contributed by atoms with Gasteiger partial charge in [0.05, 0.1) is 11.3 Å². The quantitative estimate of drug-likeness (QED) is 0.597. The van der Waals surface area contributed by atoms with Gasteiger partial charge in [-0.15, -0.1) is 0 Å². The molecule has 2 aliphatic rings. The number of nitrogens with zero attached hydrogens (tertiary/aromatic N) is 1. The van der Waals surface area contributed by atoms with Crippen molar-refractivity contribution in [1.82, 2.24) is 9.89 Å². The van der Waals surface area contributed by atoms with Crippen LogP contribution < -0.4 is 10.3 Å². The van der Waals surface area contributed by atoms with Crippen molar-refractivity contribution in [2.24, 2.45) is 0 Å². The molecule has 0 aromatic rings. The largest absolute Gasteiger partial charge is 0.612 e. The number of hydrogen-bond donors (Lipinski definition) is 2. The summed E-state index contributed by atoms with van der Waals surface area (Å²) >= 11 is 0. The molecule has 5 heteroatoms. The van der Waals surface area contributed by atoms with Gasteiger partial charge in [-0.3, -0.25) is 0 Å². The molecule has 0 saturated carbocycles. The van der Waals surface area contributed by atoms with Crippen LogP contribution in [0.5, 0.6) is 5.75 Å². The van der Waals surface area contributed by atoms with Gasteiger partial charge in [0.15, 0.2) is 0 Å². The Morgan fingerprint density at radius 1 is 1.21 bits per heavy atom. The third-order valence-corrected chi connectivity index (χ3v) is 1.98. The summed E-state index contributed by atoms with van der Waals surface area (Å²) in [6.07, 6.45) is 1.60. The fourth-order valence-electron chi connectivity index (χ4n) is 1.35. The van der Waals surface area contributed by atoms with Crippen molar-refractivity contribution < 1.29 is 5.11 Å². The highest BCUT2D eigenvalue weighted by Crippen LogP contribution is 2.23. The number of benzene rings is 1. The van der Waals surface area contributed by atoms with E-state index in [1.165, 1.54) is 12.1 Å².